The van der Waals surface area contributed by atoms with E-state index >= 15 is 0 Å². The molecule has 3 rings (SSSR count). The maximum Gasteiger partial charge on any atom is 0.135 e. The number of nitrogens with zero attached hydrogens (tertiary/aromatic N) is 2. The van der Waals surface area contributed by atoms with Gasteiger partial charge in [-0.3, -0.25) is 0 Å². The normalized spacial score (nSPS) is 30.2. The lowest BCUT2D eigenvalue weighted by Gasteiger charge is -2.35. The van der Waals surface area contributed by atoms with Gasteiger partial charge in [0, 0.05) is 18.5 Å². The maximum absolute atomic E-state index is 10.6. The van der Waals surface area contributed by atoms with Gasteiger partial charge >= 0.3 is 0 Å². The van der Waals surface area contributed by atoms with Crippen LogP contribution in [0, 0.1) is 5.92 Å². The van der Waals surface area contributed by atoms with E-state index in [-0.39, 0.29) is 0 Å². The minimum Gasteiger partial charge on any atom is -0.388 e. The van der Waals surface area contributed by atoms with Crippen LogP contribution in [0.5, 0.6) is 0 Å². The highest BCUT2D eigenvalue weighted by Crippen LogP contribution is 2.39. The maximum atomic E-state index is 10.6. The third-order valence-electron chi connectivity index (χ3n) is 4.32. The Hall–Kier alpha value is -0.680. The standard InChI is InChI=1S/C15H22BrN3O/c1-10-3-2-6-15(20,8-10)9-17-13-7-12(16)18-14(19-13)11-4-5-11/h7,10-11,20H,2-6,8-9H2,1H3,(H,17,18,19). The largest absolute Gasteiger partial charge is 0.388 e. The molecule has 2 unspecified atom stereocenters. The van der Waals surface area contributed by atoms with Crippen LogP contribution in [0.1, 0.15) is 57.2 Å². The molecule has 2 fully saturated rings. The van der Waals surface area contributed by atoms with E-state index < -0.39 is 5.60 Å². The molecular formula is C15H22BrN3O. The van der Waals surface area contributed by atoms with Crippen molar-refractivity contribution in [3.05, 3.63) is 16.5 Å². The fourth-order valence-electron chi connectivity index (χ4n) is 3.10. The van der Waals surface area contributed by atoms with E-state index in [0.717, 1.165) is 35.5 Å². The second kappa shape index (κ2) is 5.60. The van der Waals surface area contributed by atoms with Gasteiger partial charge in [0.25, 0.3) is 0 Å². The average molecular weight is 340 g/mol. The Morgan fingerprint density at radius 3 is 2.90 bits per heavy atom. The summed E-state index contributed by atoms with van der Waals surface area (Å²) in [5.41, 5.74) is -0.588. The zero-order chi connectivity index (χ0) is 14.2. The van der Waals surface area contributed by atoms with Gasteiger partial charge in [0.1, 0.15) is 16.2 Å². The lowest BCUT2D eigenvalue weighted by atomic mass is 9.79. The van der Waals surface area contributed by atoms with E-state index in [1.807, 2.05) is 6.07 Å². The van der Waals surface area contributed by atoms with Gasteiger partial charge in [-0.15, -0.1) is 0 Å². The second-order valence-corrected chi connectivity index (χ2v) is 7.30. The summed E-state index contributed by atoms with van der Waals surface area (Å²) in [5.74, 6) is 2.88. The molecule has 0 saturated heterocycles. The topological polar surface area (TPSA) is 58.0 Å². The number of nitrogens with one attached hydrogen (secondary N) is 1. The molecule has 0 bridgehead atoms. The van der Waals surface area contributed by atoms with Crippen LogP contribution in [0.2, 0.25) is 0 Å². The van der Waals surface area contributed by atoms with Crippen LogP contribution in [0.25, 0.3) is 0 Å². The van der Waals surface area contributed by atoms with Crippen molar-refractivity contribution in [2.24, 2.45) is 5.92 Å². The third-order valence-corrected chi connectivity index (χ3v) is 4.73. The van der Waals surface area contributed by atoms with Crippen LogP contribution in [0.15, 0.2) is 10.7 Å². The highest BCUT2D eigenvalue weighted by Gasteiger charge is 2.32. The predicted molar refractivity (Wildman–Crippen MR) is 82.8 cm³/mol. The summed E-state index contributed by atoms with van der Waals surface area (Å²) in [6, 6.07) is 1.89. The van der Waals surface area contributed by atoms with Crippen LogP contribution in [0.3, 0.4) is 0 Å². The zero-order valence-electron chi connectivity index (χ0n) is 11.9. The molecule has 0 aliphatic heterocycles. The number of anilines is 1. The molecule has 2 aliphatic rings. The van der Waals surface area contributed by atoms with Gasteiger partial charge in [-0.05, 0) is 47.5 Å². The van der Waals surface area contributed by atoms with E-state index in [1.54, 1.807) is 0 Å². The van der Waals surface area contributed by atoms with Crippen LogP contribution in [-0.4, -0.2) is 27.2 Å². The van der Waals surface area contributed by atoms with Crippen LogP contribution < -0.4 is 5.32 Å². The van der Waals surface area contributed by atoms with E-state index in [2.05, 4.69) is 38.1 Å². The molecule has 1 aromatic heterocycles. The van der Waals surface area contributed by atoms with Gasteiger partial charge < -0.3 is 10.4 Å². The summed E-state index contributed by atoms with van der Waals surface area (Å²) in [5, 5.41) is 14.0. The fourth-order valence-corrected chi connectivity index (χ4v) is 3.50. The lowest BCUT2D eigenvalue weighted by Crippen LogP contribution is -2.41. The van der Waals surface area contributed by atoms with Crippen LogP contribution >= 0.6 is 15.9 Å². The summed E-state index contributed by atoms with van der Waals surface area (Å²) >= 11 is 3.44. The first-order valence-electron chi connectivity index (χ1n) is 7.55. The van der Waals surface area contributed by atoms with E-state index in [4.69, 9.17) is 0 Å². The van der Waals surface area contributed by atoms with Gasteiger partial charge in [0.15, 0.2) is 0 Å². The second-order valence-electron chi connectivity index (χ2n) is 6.49. The molecule has 4 nitrogen and oxygen atoms in total. The summed E-state index contributed by atoms with van der Waals surface area (Å²) in [6.07, 6.45) is 6.48. The van der Waals surface area contributed by atoms with Crippen molar-refractivity contribution in [1.82, 2.24) is 9.97 Å². The molecule has 2 saturated carbocycles. The predicted octanol–water partition coefficient (Wildman–Crippen LogP) is 3.47. The lowest BCUT2D eigenvalue weighted by molar-refractivity contribution is -0.000833. The molecule has 2 atom stereocenters. The SMILES string of the molecule is CC1CCCC(O)(CNc2cc(Br)nc(C3CC3)n2)C1. The summed E-state index contributed by atoms with van der Waals surface area (Å²) in [6.45, 7) is 2.79. The van der Waals surface area contributed by atoms with Gasteiger partial charge in [0.2, 0.25) is 0 Å². The van der Waals surface area contributed by atoms with Crippen molar-refractivity contribution in [1.29, 1.82) is 0 Å². The monoisotopic (exact) mass is 339 g/mol. The van der Waals surface area contributed by atoms with E-state index in [9.17, 15) is 5.11 Å². The van der Waals surface area contributed by atoms with Crippen molar-refractivity contribution < 1.29 is 5.11 Å². The first kappa shape index (κ1) is 14.3. The molecule has 0 aromatic carbocycles. The molecule has 110 valence electrons. The Labute approximate surface area is 128 Å². The molecule has 0 amide bonds. The van der Waals surface area contributed by atoms with Crippen molar-refractivity contribution in [3.8, 4) is 0 Å². The Morgan fingerprint density at radius 2 is 2.20 bits per heavy atom. The zero-order valence-corrected chi connectivity index (χ0v) is 13.5. The summed E-state index contributed by atoms with van der Waals surface area (Å²) in [7, 11) is 0. The van der Waals surface area contributed by atoms with Crippen molar-refractivity contribution >= 4 is 21.7 Å². The van der Waals surface area contributed by atoms with Gasteiger partial charge in [-0.25, -0.2) is 9.97 Å². The van der Waals surface area contributed by atoms with Crippen LogP contribution in [-0.2, 0) is 0 Å². The minimum atomic E-state index is -0.588. The molecule has 2 aliphatic carbocycles. The minimum absolute atomic E-state index is 0.533. The Kier molecular flexibility index (Phi) is 4.00. The number of aromatic nitrogens is 2. The number of hydrogen-bond acceptors (Lipinski definition) is 4. The quantitative estimate of drug-likeness (QED) is 0.824. The van der Waals surface area contributed by atoms with Crippen molar-refractivity contribution in [3.63, 3.8) is 0 Å². The molecule has 20 heavy (non-hydrogen) atoms. The average Bonchev–Trinajstić information content (AvgIpc) is 3.20. The molecule has 5 heteroatoms. The highest BCUT2D eigenvalue weighted by atomic mass is 79.9. The smallest absolute Gasteiger partial charge is 0.135 e. The van der Waals surface area contributed by atoms with Crippen LogP contribution in [0.4, 0.5) is 5.82 Å². The molecule has 0 spiro atoms. The summed E-state index contributed by atoms with van der Waals surface area (Å²) < 4.78 is 0.820. The number of hydrogen-bond donors (Lipinski definition) is 2. The Morgan fingerprint density at radius 1 is 1.40 bits per heavy atom. The highest BCUT2D eigenvalue weighted by molar-refractivity contribution is 9.10. The first-order valence-corrected chi connectivity index (χ1v) is 8.34. The van der Waals surface area contributed by atoms with Gasteiger partial charge in [-0.1, -0.05) is 19.8 Å². The fraction of sp³-hybridized carbons (Fsp3) is 0.733. The van der Waals surface area contributed by atoms with Gasteiger partial charge in [0.05, 0.1) is 5.60 Å². The molecular weight excluding hydrogens is 318 g/mol. The molecule has 1 aromatic rings. The first-order chi connectivity index (χ1) is 9.54. The number of rotatable bonds is 4. The molecule has 2 N–H and O–H groups in total. The van der Waals surface area contributed by atoms with Crippen molar-refractivity contribution in [2.75, 3.05) is 11.9 Å². The number of aliphatic hydroxyl groups is 1. The van der Waals surface area contributed by atoms with E-state index in [1.165, 1.54) is 19.3 Å². The van der Waals surface area contributed by atoms with E-state index in [0.29, 0.717) is 18.4 Å². The Balaban J connectivity index is 1.65. The van der Waals surface area contributed by atoms with Crippen molar-refractivity contribution in [2.45, 2.75) is 57.0 Å². The number of halogens is 1. The summed E-state index contributed by atoms with van der Waals surface area (Å²) in [4.78, 5) is 8.99. The molecule has 0 radical (unpaired) electrons. The Bertz CT molecular complexity index is 492. The molecule has 1 heterocycles. The third kappa shape index (κ3) is 3.50. The van der Waals surface area contributed by atoms with Gasteiger partial charge in [-0.2, -0.15) is 0 Å².